The molecule has 1 N–H and O–H groups in total. The SMILES string of the molecule is O=C1N[C@@](Cc2ccccc2)(c2ccccc2)C(=O)N1CCCOc1ccc(F)cc1. The quantitative estimate of drug-likeness (QED) is 0.439. The largest absolute Gasteiger partial charge is 0.494 e. The third-order valence-electron chi connectivity index (χ3n) is 5.36. The van der Waals surface area contributed by atoms with Crippen molar-refractivity contribution in [3.8, 4) is 5.75 Å². The van der Waals surface area contributed by atoms with Crippen LogP contribution in [-0.2, 0) is 16.8 Å². The molecule has 0 radical (unpaired) electrons. The van der Waals surface area contributed by atoms with E-state index in [1.807, 2.05) is 60.7 Å². The summed E-state index contributed by atoms with van der Waals surface area (Å²) in [5.41, 5.74) is 0.570. The summed E-state index contributed by atoms with van der Waals surface area (Å²) in [6, 6.07) is 24.3. The zero-order valence-corrected chi connectivity index (χ0v) is 17.0. The summed E-state index contributed by atoms with van der Waals surface area (Å²) in [5.74, 6) is -0.0574. The smallest absolute Gasteiger partial charge is 0.325 e. The summed E-state index contributed by atoms with van der Waals surface area (Å²) >= 11 is 0. The van der Waals surface area contributed by atoms with E-state index in [9.17, 15) is 14.0 Å². The summed E-state index contributed by atoms with van der Waals surface area (Å²) in [6.07, 6.45) is 0.831. The molecule has 0 saturated carbocycles. The third-order valence-corrected chi connectivity index (χ3v) is 5.36. The van der Waals surface area contributed by atoms with E-state index < -0.39 is 11.6 Å². The van der Waals surface area contributed by atoms with Crippen LogP contribution in [0.5, 0.6) is 5.75 Å². The Kier molecular flexibility index (Phi) is 5.98. The number of carbonyl (C=O) groups excluding carboxylic acids is 2. The van der Waals surface area contributed by atoms with Gasteiger partial charge in [-0.15, -0.1) is 0 Å². The monoisotopic (exact) mass is 418 g/mol. The number of rotatable bonds is 8. The third kappa shape index (κ3) is 4.43. The summed E-state index contributed by atoms with van der Waals surface area (Å²) in [4.78, 5) is 27.5. The summed E-state index contributed by atoms with van der Waals surface area (Å²) in [5, 5.41) is 2.95. The number of nitrogens with one attached hydrogen (secondary N) is 1. The van der Waals surface area contributed by atoms with Crippen LogP contribution in [0.25, 0.3) is 0 Å². The number of urea groups is 1. The second kappa shape index (κ2) is 9.00. The molecule has 1 fully saturated rings. The van der Waals surface area contributed by atoms with E-state index in [0.717, 1.165) is 11.1 Å². The molecule has 5 nitrogen and oxygen atoms in total. The number of benzene rings is 3. The standard InChI is InChI=1S/C25H23FN2O3/c26-21-12-14-22(15-13-21)31-17-7-16-28-23(29)25(27-24(28)30,20-10-5-2-6-11-20)18-19-8-3-1-4-9-19/h1-6,8-15H,7,16-18H2,(H,27,30)/t25-/m0/s1. The molecule has 1 aliphatic heterocycles. The molecule has 3 aromatic rings. The van der Waals surface area contributed by atoms with Gasteiger partial charge in [0.05, 0.1) is 6.61 Å². The lowest BCUT2D eigenvalue weighted by Gasteiger charge is -2.27. The number of ether oxygens (including phenoxy) is 1. The zero-order chi connectivity index (χ0) is 21.7. The van der Waals surface area contributed by atoms with Crippen molar-refractivity contribution < 1.29 is 18.7 Å². The topological polar surface area (TPSA) is 58.6 Å². The number of amides is 3. The summed E-state index contributed by atoms with van der Waals surface area (Å²) < 4.78 is 18.6. The lowest BCUT2D eigenvalue weighted by molar-refractivity contribution is -0.131. The Morgan fingerprint density at radius 3 is 2.19 bits per heavy atom. The van der Waals surface area contributed by atoms with Crippen molar-refractivity contribution >= 4 is 11.9 Å². The molecule has 6 heteroatoms. The van der Waals surface area contributed by atoms with Gasteiger partial charge in [-0.25, -0.2) is 9.18 Å². The Labute approximate surface area is 180 Å². The van der Waals surface area contributed by atoms with Crippen molar-refractivity contribution in [3.63, 3.8) is 0 Å². The molecule has 158 valence electrons. The maximum atomic E-state index is 13.5. The zero-order valence-electron chi connectivity index (χ0n) is 17.0. The van der Waals surface area contributed by atoms with Crippen LogP contribution >= 0.6 is 0 Å². The van der Waals surface area contributed by atoms with Crippen LogP contribution in [0, 0.1) is 5.82 Å². The van der Waals surface area contributed by atoms with Crippen LogP contribution in [0.2, 0.25) is 0 Å². The van der Waals surface area contributed by atoms with Gasteiger partial charge in [-0.3, -0.25) is 9.69 Å². The van der Waals surface area contributed by atoms with Crippen LogP contribution in [-0.4, -0.2) is 30.0 Å². The molecule has 1 aliphatic rings. The number of halogens is 1. The average molecular weight is 418 g/mol. The maximum Gasteiger partial charge on any atom is 0.325 e. The second-order valence-electron chi connectivity index (χ2n) is 7.48. The van der Waals surface area contributed by atoms with Gasteiger partial charge in [-0.2, -0.15) is 0 Å². The van der Waals surface area contributed by atoms with Crippen molar-refractivity contribution in [1.29, 1.82) is 0 Å². The van der Waals surface area contributed by atoms with Crippen LogP contribution in [0.4, 0.5) is 9.18 Å². The van der Waals surface area contributed by atoms with E-state index in [2.05, 4.69) is 5.32 Å². The summed E-state index contributed by atoms with van der Waals surface area (Å²) in [6.45, 7) is 0.537. The Morgan fingerprint density at radius 1 is 0.871 bits per heavy atom. The molecule has 0 bridgehead atoms. The van der Waals surface area contributed by atoms with Crippen molar-refractivity contribution in [2.75, 3.05) is 13.2 Å². The van der Waals surface area contributed by atoms with E-state index in [-0.39, 0.29) is 18.3 Å². The van der Waals surface area contributed by atoms with E-state index >= 15 is 0 Å². The van der Waals surface area contributed by atoms with Crippen LogP contribution in [0.15, 0.2) is 84.9 Å². The molecule has 3 aromatic carbocycles. The predicted octanol–water partition coefficient (Wildman–Crippen LogP) is 4.28. The Hall–Kier alpha value is -3.67. The molecular weight excluding hydrogens is 395 g/mol. The fourth-order valence-corrected chi connectivity index (χ4v) is 3.81. The van der Waals surface area contributed by atoms with Gasteiger partial charge in [0.2, 0.25) is 0 Å². The first-order valence-electron chi connectivity index (χ1n) is 10.2. The first-order valence-corrected chi connectivity index (χ1v) is 10.2. The second-order valence-corrected chi connectivity index (χ2v) is 7.48. The highest BCUT2D eigenvalue weighted by Gasteiger charge is 2.52. The molecule has 1 saturated heterocycles. The van der Waals surface area contributed by atoms with E-state index in [1.54, 1.807) is 12.1 Å². The average Bonchev–Trinajstić information content (AvgIpc) is 3.04. The molecule has 0 aromatic heterocycles. The fourth-order valence-electron chi connectivity index (χ4n) is 3.81. The number of carbonyl (C=O) groups is 2. The minimum absolute atomic E-state index is 0.231. The van der Waals surface area contributed by atoms with Gasteiger partial charge in [-0.05, 0) is 41.8 Å². The number of imide groups is 1. The van der Waals surface area contributed by atoms with Crippen molar-refractivity contribution in [3.05, 3.63) is 102 Å². The molecule has 3 amide bonds. The minimum Gasteiger partial charge on any atom is -0.494 e. The highest BCUT2D eigenvalue weighted by atomic mass is 19.1. The first-order chi connectivity index (χ1) is 15.1. The molecule has 1 atom stereocenters. The van der Waals surface area contributed by atoms with Crippen LogP contribution in [0.1, 0.15) is 17.5 Å². The molecule has 1 heterocycles. The van der Waals surface area contributed by atoms with Gasteiger partial charge in [-0.1, -0.05) is 60.7 Å². The van der Waals surface area contributed by atoms with Crippen molar-refractivity contribution in [1.82, 2.24) is 10.2 Å². The van der Waals surface area contributed by atoms with Crippen molar-refractivity contribution in [2.24, 2.45) is 0 Å². The Bertz CT molecular complexity index is 1040. The highest BCUT2D eigenvalue weighted by molar-refractivity contribution is 6.07. The van der Waals surface area contributed by atoms with Crippen LogP contribution in [0.3, 0.4) is 0 Å². The van der Waals surface area contributed by atoms with Crippen molar-refractivity contribution in [2.45, 2.75) is 18.4 Å². The number of nitrogens with zero attached hydrogens (tertiary/aromatic N) is 1. The molecule has 0 spiro atoms. The van der Waals surface area contributed by atoms with Gasteiger partial charge in [0.15, 0.2) is 5.54 Å². The molecule has 0 aliphatic carbocycles. The predicted molar refractivity (Wildman–Crippen MR) is 115 cm³/mol. The molecule has 4 rings (SSSR count). The van der Waals surface area contributed by atoms with Crippen LogP contribution < -0.4 is 10.1 Å². The summed E-state index contributed by atoms with van der Waals surface area (Å²) in [7, 11) is 0. The van der Waals surface area contributed by atoms with Gasteiger partial charge < -0.3 is 10.1 Å². The number of hydrogen-bond acceptors (Lipinski definition) is 3. The Balaban J connectivity index is 1.48. The normalized spacial score (nSPS) is 18.2. The molecule has 0 unspecified atom stereocenters. The molecule has 31 heavy (non-hydrogen) atoms. The van der Waals surface area contributed by atoms with Gasteiger partial charge in [0.25, 0.3) is 5.91 Å². The van der Waals surface area contributed by atoms with Gasteiger partial charge >= 0.3 is 6.03 Å². The fraction of sp³-hybridized carbons (Fsp3) is 0.200. The lowest BCUT2D eigenvalue weighted by atomic mass is 9.83. The Morgan fingerprint density at radius 2 is 1.52 bits per heavy atom. The highest BCUT2D eigenvalue weighted by Crippen LogP contribution is 2.33. The van der Waals surface area contributed by atoms with Gasteiger partial charge in [0, 0.05) is 13.0 Å². The van der Waals surface area contributed by atoms with E-state index in [0.29, 0.717) is 25.2 Å². The van der Waals surface area contributed by atoms with Gasteiger partial charge in [0.1, 0.15) is 11.6 Å². The lowest BCUT2D eigenvalue weighted by Crippen LogP contribution is -2.46. The number of hydrogen-bond donors (Lipinski definition) is 1. The van der Waals surface area contributed by atoms with E-state index in [4.69, 9.17) is 4.74 Å². The van der Waals surface area contributed by atoms with E-state index in [1.165, 1.54) is 17.0 Å². The maximum absolute atomic E-state index is 13.5. The first kappa shape index (κ1) is 20.6. The molecular formula is C25H23FN2O3. The minimum atomic E-state index is -1.14.